The number of hydrogen-bond acceptors (Lipinski definition) is 9. The summed E-state index contributed by atoms with van der Waals surface area (Å²) in [7, 11) is 0. The zero-order chi connectivity index (χ0) is 23.0. The van der Waals surface area contributed by atoms with Crippen molar-refractivity contribution in [1.82, 2.24) is 19.5 Å². The van der Waals surface area contributed by atoms with Gasteiger partial charge in [-0.15, -0.1) is 0 Å². The minimum absolute atomic E-state index is 0. The number of fused-ring (bicyclic) bond motifs is 1. The van der Waals surface area contributed by atoms with Crippen molar-refractivity contribution in [3.8, 4) is 0 Å². The van der Waals surface area contributed by atoms with Crippen LogP contribution >= 0.6 is 0 Å². The van der Waals surface area contributed by atoms with E-state index in [0.717, 1.165) is 6.61 Å². The van der Waals surface area contributed by atoms with Gasteiger partial charge in [0.2, 0.25) is 0 Å². The van der Waals surface area contributed by atoms with E-state index in [1.54, 1.807) is 4.57 Å². The summed E-state index contributed by atoms with van der Waals surface area (Å²) in [4.78, 5) is 12.4. The number of aromatic nitrogens is 4. The third-order valence-corrected chi connectivity index (χ3v) is 6.77. The molecule has 3 heterocycles. The number of hydrogen-bond donors (Lipinski definition) is 3. The zero-order valence-corrected chi connectivity index (χ0v) is 22.7. The number of aliphatic hydroxyl groups excluding tert-OH is 2. The van der Waals surface area contributed by atoms with E-state index in [1.807, 2.05) is 0 Å². The van der Waals surface area contributed by atoms with Crippen molar-refractivity contribution in [1.29, 1.82) is 0 Å². The molecule has 2 aromatic heterocycles. The summed E-state index contributed by atoms with van der Waals surface area (Å²) in [5, 5.41) is 20.1. The molecule has 36 heavy (non-hydrogen) atoms. The van der Waals surface area contributed by atoms with Gasteiger partial charge in [0.1, 0.15) is 30.2 Å². The van der Waals surface area contributed by atoms with Gasteiger partial charge in [0.05, 0.1) is 26.1 Å². The molecule has 4 N–H and O–H groups in total. The molecule has 0 amide bonds. The molecule has 0 spiro atoms. The third kappa shape index (κ3) is 8.08. The molecule has 3 aliphatic rings. The fourth-order valence-electron chi connectivity index (χ4n) is 4.88. The molecular formula is C25H43FeN5O5. The summed E-state index contributed by atoms with van der Waals surface area (Å²) in [5.41, 5.74) is 6.78. The fraction of sp³-hybridized carbons (Fsp3) is 0.720. The minimum atomic E-state index is -0.985. The van der Waals surface area contributed by atoms with Gasteiger partial charge in [0, 0.05) is 6.61 Å². The van der Waals surface area contributed by atoms with Crippen LogP contribution in [0.3, 0.4) is 0 Å². The van der Waals surface area contributed by atoms with E-state index >= 15 is 0 Å². The second-order valence-electron chi connectivity index (χ2n) is 9.15. The molecular weight excluding hydrogens is 506 g/mol. The van der Waals surface area contributed by atoms with Gasteiger partial charge >= 0.3 is 17.1 Å². The summed E-state index contributed by atoms with van der Waals surface area (Å²) < 4.78 is 19.1. The molecule has 11 heteroatoms. The molecule has 5 rings (SSSR count). The summed E-state index contributed by atoms with van der Waals surface area (Å²) in [6, 6.07) is 0. The maximum atomic E-state index is 10.5. The van der Waals surface area contributed by atoms with Crippen molar-refractivity contribution in [3.63, 3.8) is 0 Å². The van der Waals surface area contributed by atoms with Crippen LogP contribution < -0.4 is 5.73 Å². The van der Waals surface area contributed by atoms with Crippen LogP contribution in [0, 0.1) is 20.8 Å². The van der Waals surface area contributed by atoms with Gasteiger partial charge in [-0.2, -0.15) is 0 Å². The molecule has 0 bridgehead atoms. The number of nitrogens with zero attached hydrogens (tertiary/aromatic N) is 4. The van der Waals surface area contributed by atoms with Crippen LogP contribution in [0.25, 0.3) is 11.2 Å². The first-order valence-corrected chi connectivity index (χ1v) is 12.3. The number of imidazole rings is 1. The summed E-state index contributed by atoms with van der Waals surface area (Å²) in [6.07, 6.45) is 12.3. The number of anilines is 1. The summed E-state index contributed by atoms with van der Waals surface area (Å²) in [6.45, 7) is 1.18. The van der Waals surface area contributed by atoms with E-state index in [0.29, 0.717) is 30.3 Å². The Bertz CT molecular complexity index is 855. The second kappa shape index (κ2) is 16.5. The van der Waals surface area contributed by atoms with Gasteiger partial charge in [-0.3, -0.25) is 4.57 Å². The smallest absolute Gasteiger partial charge is 0.394 e. The van der Waals surface area contributed by atoms with E-state index in [4.69, 9.17) is 19.9 Å². The Morgan fingerprint density at radius 2 is 1.67 bits per heavy atom. The van der Waals surface area contributed by atoms with E-state index in [1.165, 1.54) is 70.4 Å². The number of nitrogen functional groups attached to an aromatic ring is 1. The van der Waals surface area contributed by atoms with E-state index < -0.39 is 24.5 Å². The summed E-state index contributed by atoms with van der Waals surface area (Å²) in [5.74, 6) is 0.910. The zero-order valence-electron chi connectivity index (χ0n) is 21.6. The monoisotopic (exact) mass is 549 g/mol. The molecule has 0 aromatic carbocycles. The molecule has 1 saturated heterocycles. The first-order chi connectivity index (χ1) is 16.2. The van der Waals surface area contributed by atoms with E-state index in [2.05, 4.69) is 15.0 Å². The van der Waals surface area contributed by atoms with Gasteiger partial charge in [0.25, 0.3) is 0 Å². The largest absolute Gasteiger partial charge is 2.00 e. The predicted molar refractivity (Wildman–Crippen MR) is 135 cm³/mol. The standard InChI is InChI=1S/C18H27N5O5.C5H10.2CH3.Fe/c19-16-13-17(21-9-20-16)23(10-22-13)18-15(14(25)12(7-24)28-18)27-6-5-26-8-11-3-1-2-4-11;1-2-4-5-3-1;;;/h9-12,14-15,18,24-25H,1-8H2,(H2,19,20,21);1-5H2;2*1H3;/q;;2*-1;+2/t12-,14?,15+,18-;;;;/m1..../s1. The number of aliphatic hydroxyl groups is 2. The Kier molecular flexibility index (Phi) is 15.0. The van der Waals surface area contributed by atoms with Gasteiger partial charge < -0.3 is 45.0 Å². The fourth-order valence-corrected chi connectivity index (χ4v) is 4.88. The van der Waals surface area contributed by atoms with Crippen LogP contribution in [0.5, 0.6) is 0 Å². The topological polar surface area (TPSA) is 138 Å². The first-order valence-electron chi connectivity index (χ1n) is 12.3. The van der Waals surface area contributed by atoms with Crippen LogP contribution in [0.2, 0.25) is 0 Å². The molecule has 10 nitrogen and oxygen atoms in total. The molecule has 2 aliphatic carbocycles. The number of ether oxygens (including phenoxy) is 3. The second-order valence-corrected chi connectivity index (χ2v) is 9.15. The van der Waals surface area contributed by atoms with Crippen LogP contribution in [0.15, 0.2) is 12.7 Å². The van der Waals surface area contributed by atoms with Crippen molar-refractivity contribution in [2.75, 3.05) is 32.2 Å². The Morgan fingerprint density at radius 1 is 1.00 bits per heavy atom. The quantitative estimate of drug-likeness (QED) is 0.258. The average molecular weight is 549 g/mol. The molecule has 1 aliphatic heterocycles. The SMILES string of the molecule is C1CCCC1.Nc1ncnc2c1ncn2[C@@H]1O[C@H](CO)C(O)[C@@H]1OCCOCC1CCCC1.[CH3-].[CH3-].[Fe+2]. The van der Waals surface area contributed by atoms with Crippen LogP contribution in [0.4, 0.5) is 5.82 Å². The maximum absolute atomic E-state index is 10.5. The Hall–Kier alpha value is -1.33. The van der Waals surface area contributed by atoms with Crippen molar-refractivity contribution >= 4 is 17.0 Å². The van der Waals surface area contributed by atoms with E-state index in [-0.39, 0.29) is 44.3 Å². The van der Waals surface area contributed by atoms with Gasteiger partial charge in [0.15, 0.2) is 17.7 Å². The molecule has 4 atom stereocenters. The normalized spacial score (nSPS) is 25.5. The van der Waals surface area contributed by atoms with Crippen LogP contribution in [-0.4, -0.2) is 74.5 Å². The van der Waals surface area contributed by atoms with Crippen LogP contribution in [0.1, 0.15) is 64.0 Å². The maximum Gasteiger partial charge on any atom is 2.00 e. The van der Waals surface area contributed by atoms with Gasteiger partial charge in [-0.05, 0) is 18.8 Å². The van der Waals surface area contributed by atoms with Crippen LogP contribution in [-0.2, 0) is 31.3 Å². The predicted octanol–water partition coefficient (Wildman–Crippen LogP) is 3.10. The Morgan fingerprint density at radius 3 is 2.31 bits per heavy atom. The Balaban J connectivity index is 0.000000727. The van der Waals surface area contributed by atoms with E-state index in [9.17, 15) is 10.2 Å². The molecule has 1 unspecified atom stereocenters. The number of nitrogens with two attached hydrogens (primary N) is 1. The molecule has 2 saturated carbocycles. The number of rotatable bonds is 8. The van der Waals surface area contributed by atoms with Crippen molar-refractivity contribution < 1.29 is 41.5 Å². The third-order valence-electron chi connectivity index (χ3n) is 6.77. The molecule has 2 aromatic rings. The average Bonchev–Trinajstić information content (AvgIpc) is 3.63. The van der Waals surface area contributed by atoms with Crippen molar-refractivity contribution in [3.05, 3.63) is 27.5 Å². The summed E-state index contributed by atoms with van der Waals surface area (Å²) >= 11 is 0. The van der Waals surface area contributed by atoms with Gasteiger partial charge in [-0.1, -0.05) is 44.9 Å². The Labute approximate surface area is 225 Å². The minimum Gasteiger partial charge on any atom is -0.394 e. The van der Waals surface area contributed by atoms with Crippen molar-refractivity contribution in [2.45, 2.75) is 82.3 Å². The molecule has 0 radical (unpaired) electrons. The molecule has 206 valence electrons. The van der Waals surface area contributed by atoms with Gasteiger partial charge in [-0.25, -0.2) is 15.0 Å². The van der Waals surface area contributed by atoms with Crippen molar-refractivity contribution in [2.24, 2.45) is 5.92 Å². The molecule has 3 fully saturated rings. The first kappa shape index (κ1) is 32.7.